The highest BCUT2D eigenvalue weighted by atomic mass is 32.1. The molecule has 1 amide bonds. The van der Waals surface area contributed by atoms with E-state index in [0.29, 0.717) is 23.1 Å². The van der Waals surface area contributed by atoms with E-state index in [-0.39, 0.29) is 16.8 Å². The molecule has 0 spiro atoms. The van der Waals surface area contributed by atoms with Gasteiger partial charge in [0.1, 0.15) is 11.5 Å². The molecule has 0 aliphatic carbocycles. The molecule has 27 heavy (non-hydrogen) atoms. The highest BCUT2D eigenvalue weighted by Gasteiger charge is 2.11. The van der Waals surface area contributed by atoms with Crippen molar-refractivity contribution in [2.75, 3.05) is 11.9 Å². The second-order valence-electron chi connectivity index (χ2n) is 5.81. The molecule has 3 aromatic rings. The number of nitrogens with one attached hydrogen (secondary N) is 2. The summed E-state index contributed by atoms with van der Waals surface area (Å²) in [4.78, 5) is 16.8. The SMILES string of the molecule is CCCCOc1cccc(C(=O)NC(=S)Nc2nc3ccc(O)cc3s2)c1. The number of aromatic hydroxyl groups is 1. The minimum atomic E-state index is -0.327. The molecule has 0 saturated heterocycles. The lowest BCUT2D eigenvalue weighted by atomic mass is 10.2. The maximum atomic E-state index is 12.4. The van der Waals surface area contributed by atoms with Crippen LogP contribution in [0.25, 0.3) is 10.2 Å². The summed E-state index contributed by atoms with van der Waals surface area (Å²) in [5.41, 5.74) is 1.20. The summed E-state index contributed by atoms with van der Waals surface area (Å²) in [5.74, 6) is 0.503. The molecule has 2 aromatic carbocycles. The van der Waals surface area contributed by atoms with Gasteiger partial charge in [-0.2, -0.15) is 0 Å². The number of aromatic nitrogens is 1. The van der Waals surface area contributed by atoms with Gasteiger partial charge in [-0.3, -0.25) is 10.1 Å². The van der Waals surface area contributed by atoms with Gasteiger partial charge in [0.05, 0.1) is 16.8 Å². The molecular formula is C19H19N3O3S2. The number of ether oxygens (including phenoxy) is 1. The molecule has 0 bridgehead atoms. The number of hydrogen-bond donors (Lipinski definition) is 3. The monoisotopic (exact) mass is 401 g/mol. The van der Waals surface area contributed by atoms with Crippen molar-refractivity contribution < 1.29 is 14.6 Å². The van der Waals surface area contributed by atoms with E-state index in [4.69, 9.17) is 17.0 Å². The third-order valence-corrected chi connectivity index (χ3v) is 4.82. The first-order valence-electron chi connectivity index (χ1n) is 8.50. The van der Waals surface area contributed by atoms with Crippen molar-refractivity contribution in [1.82, 2.24) is 10.3 Å². The number of benzene rings is 2. The number of thiazole rings is 1. The normalized spacial score (nSPS) is 10.6. The summed E-state index contributed by atoms with van der Waals surface area (Å²) in [7, 11) is 0. The van der Waals surface area contributed by atoms with Gasteiger partial charge in [-0.1, -0.05) is 30.7 Å². The summed E-state index contributed by atoms with van der Waals surface area (Å²) < 4.78 is 6.45. The lowest BCUT2D eigenvalue weighted by Crippen LogP contribution is -2.34. The van der Waals surface area contributed by atoms with Crippen LogP contribution in [0.3, 0.4) is 0 Å². The lowest BCUT2D eigenvalue weighted by Gasteiger charge is -2.09. The highest BCUT2D eigenvalue weighted by molar-refractivity contribution is 7.80. The number of carbonyl (C=O) groups excluding carboxylic acids is 1. The zero-order chi connectivity index (χ0) is 19.2. The topological polar surface area (TPSA) is 83.5 Å². The Labute approximate surface area is 166 Å². The van der Waals surface area contributed by atoms with E-state index in [1.165, 1.54) is 11.3 Å². The Bertz CT molecular complexity index is 972. The molecule has 0 saturated carbocycles. The molecular weight excluding hydrogens is 382 g/mol. The number of carbonyl (C=O) groups is 1. The number of phenolic OH excluding ortho intramolecular Hbond substituents is 1. The molecule has 0 fully saturated rings. The van der Waals surface area contributed by atoms with E-state index in [9.17, 15) is 9.90 Å². The van der Waals surface area contributed by atoms with Gasteiger partial charge in [-0.15, -0.1) is 0 Å². The minimum absolute atomic E-state index is 0.153. The highest BCUT2D eigenvalue weighted by Crippen LogP contribution is 2.28. The van der Waals surface area contributed by atoms with Crippen molar-refractivity contribution in [2.24, 2.45) is 0 Å². The van der Waals surface area contributed by atoms with Crippen LogP contribution in [0.15, 0.2) is 42.5 Å². The van der Waals surface area contributed by atoms with E-state index in [0.717, 1.165) is 23.1 Å². The summed E-state index contributed by atoms with van der Waals surface area (Å²) in [6.07, 6.45) is 2.01. The zero-order valence-corrected chi connectivity index (χ0v) is 16.3. The van der Waals surface area contributed by atoms with Crippen molar-refractivity contribution >= 4 is 49.9 Å². The molecule has 140 valence electrons. The van der Waals surface area contributed by atoms with Gasteiger partial charge in [0.25, 0.3) is 5.91 Å². The maximum absolute atomic E-state index is 12.4. The minimum Gasteiger partial charge on any atom is -0.508 e. The predicted octanol–water partition coefficient (Wildman–Crippen LogP) is 4.31. The van der Waals surface area contributed by atoms with E-state index >= 15 is 0 Å². The average Bonchev–Trinajstić information content (AvgIpc) is 3.03. The van der Waals surface area contributed by atoms with Gasteiger partial charge >= 0.3 is 0 Å². The summed E-state index contributed by atoms with van der Waals surface area (Å²) in [5, 5.41) is 15.8. The van der Waals surface area contributed by atoms with Crippen molar-refractivity contribution in [3.8, 4) is 11.5 Å². The van der Waals surface area contributed by atoms with Crippen LogP contribution in [-0.4, -0.2) is 27.7 Å². The van der Waals surface area contributed by atoms with Gasteiger partial charge < -0.3 is 15.2 Å². The van der Waals surface area contributed by atoms with Crippen LogP contribution in [0.2, 0.25) is 0 Å². The number of fused-ring (bicyclic) bond motifs is 1. The smallest absolute Gasteiger partial charge is 0.257 e. The van der Waals surface area contributed by atoms with Gasteiger partial charge in [-0.25, -0.2) is 4.98 Å². The van der Waals surface area contributed by atoms with Gasteiger partial charge in [0.2, 0.25) is 0 Å². The Morgan fingerprint density at radius 3 is 2.96 bits per heavy atom. The summed E-state index contributed by atoms with van der Waals surface area (Å²) in [6, 6.07) is 11.9. The fourth-order valence-electron chi connectivity index (χ4n) is 2.33. The van der Waals surface area contributed by atoms with Crippen LogP contribution >= 0.6 is 23.6 Å². The maximum Gasteiger partial charge on any atom is 0.257 e. The Balaban J connectivity index is 1.61. The number of anilines is 1. The fraction of sp³-hybridized carbons (Fsp3) is 0.211. The first kappa shape index (κ1) is 19.1. The number of hydrogen-bond acceptors (Lipinski definition) is 6. The number of amides is 1. The molecule has 0 unspecified atom stereocenters. The Kier molecular flexibility index (Phi) is 6.20. The molecule has 8 heteroatoms. The van der Waals surface area contributed by atoms with E-state index in [2.05, 4.69) is 22.5 Å². The quantitative estimate of drug-likeness (QED) is 0.422. The van der Waals surface area contributed by atoms with Crippen LogP contribution in [-0.2, 0) is 0 Å². The third kappa shape index (κ3) is 5.15. The molecule has 0 radical (unpaired) electrons. The van der Waals surface area contributed by atoms with E-state index in [1.54, 1.807) is 36.4 Å². The van der Waals surface area contributed by atoms with Gasteiger partial charge in [0.15, 0.2) is 10.2 Å². The van der Waals surface area contributed by atoms with E-state index < -0.39 is 0 Å². The number of nitrogens with zero attached hydrogens (tertiary/aromatic N) is 1. The molecule has 0 atom stereocenters. The van der Waals surface area contributed by atoms with Crippen molar-refractivity contribution in [1.29, 1.82) is 0 Å². The van der Waals surface area contributed by atoms with Crippen LogP contribution < -0.4 is 15.4 Å². The van der Waals surface area contributed by atoms with Crippen LogP contribution in [0.5, 0.6) is 11.5 Å². The molecule has 3 N–H and O–H groups in total. The zero-order valence-electron chi connectivity index (χ0n) is 14.7. The summed E-state index contributed by atoms with van der Waals surface area (Å²) in [6.45, 7) is 2.71. The second kappa shape index (κ2) is 8.79. The predicted molar refractivity (Wildman–Crippen MR) is 112 cm³/mol. The van der Waals surface area contributed by atoms with Crippen molar-refractivity contribution in [3.05, 3.63) is 48.0 Å². The Morgan fingerprint density at radius 2 is 2.15 bits per heavy atom. The average molecular weight is 402 g/mol. The number of thiocarbonyl (C=S) groups is 1. The molecule has 3 rings (SSSR count). The molecule has 0 aliphatic rings. The first-order valence-corrected chi connectivity index (χ1v) is 9.72. The van der Waals surface area contributed by atoms with Crippen molar-refractivity contribution in [3.63, 3.8) is 0 Å². The standard InChI is InChI=1S/C19H19N3O3S2/c1-2-3-9-25-14-6-4-5-12(10-14)17(24)21-18(26)22-19-20-15-8-7-13(23)11-16(15)27-19/h4-8,10-11,23H,2-3,9H2,1H3,(H2,20,21,22,24,26). The number of phenols is 1. The second-order valence-corrected chi connectivity index (χ2v) is 7.25. The Morgan fingerprint density at radius 1 is 1.30 bits per heavy atom. The number of rotatable bonds is 6. The Hall–Kier alpha value is -2.71. The van der Waals surface area contributed by atoms with Crippen LogP contribution in [0, 0.1) is 0 Å². The van der Waals surface area contributed by atoms with E-state index in [1.807, 2.05) is 6.07 Å². The summed E-state index contributed by atoms with van der Waals surface area (Å²) >= 11 is 6.54. The molecule has 1 heterocycles. The first-order chi connectivity index (χ1) is 13.0. The van der Waals surface area contributed by atoms with Crippen LogP contribution in [0.4, 0.5) is 5.13 Å². The third-order valence-electron chi connectivity index (χ3n) is 3.68. The molecule has 0 aliphatic heterocycles. The van der Waals surface area contributed by atoms with Crippen LogP contribution in [0.1, 0.15) is 30.1 Å². The molecule has 1 aromatic heterocycles. The molecule has 6 nitrogen and oxygen atoms in total. The number of unbranched alkanes of at least 4 members (excludes halogenated alkanes) is 1. The van der Waals surface area contributed by atoms with Gasteiger partial charge in [0, 0.05) is 5.56 Å². The largest absolute Gasteiger partial charge is 0.508 e. The van der Waals surface area contributed by atoms with Gasteiger partial charge in [-0.05, 0) is 55.0 Å². The fourth-order valence-corrected chi connectivity index (χ4v) is 3.49. The van der Waals surface area contributed by atoms with Crippen molar-refractivity contribution in [2.45, 2.75) is 19.8 Å². The lowest BCUT2D eigenvalue weighted by molar-refractivity contribution is 0.0977.